The van der Waals surface area contributed by atoms with E-state index in [-0.39, 0.29) is 12.5 Å². The van der Waals surface area contributed by atoms with Crippen LogP contribution < -0.4 is 5.32 Å². The van der Waals surface area contributed by atoms with Gasteiger partial charge in [0.15, 0.2) is 0 Å². The summed E-state index contributed by atoms with van der Waals surface area (Å²) in [7, 11) is 1.82. The minimum Gasteiger partial charge on any atom is -0.395 e. The molecule has 0 bridgehead atoms. The fourth-order valence-corrected chi connectivity index (χ4v) is 1.75. The van der Waals surface area contributed by atoms with Gasteiger partial charge in [-0.05, 0) is 12.1 Å². The van der Waals surface area contributed by atoms with Crippen LogP contribution in [0.4, 0.5) is 0 Å². The molecule has 6 nitrogen and oxygen atoms in total. The topological polar surface area (TPSA) is 80.0 Å². The van der Waals surface area contributed by atoms with Crippen LogP contribution >= 0.6 is 0 Å². The highest BCUT2D eigenvalue weighted by Gasteiger charge is 2.10. The van der Waals surface area contributed by atoms with E-state index in [4.69, 9.17) is 5.11 Å². The van der Waals surface area contributed by atoms with Crippen LogP contribution in [-0.4, -0.2) is 32.4 Å². The molecule has 0 aliphatic heterocycles. The summed E-state index contributed by atoms with van der Waals surface area (Å²) in [5.74, 6) is 5.42. The second-order valence-electron chi connectivity index (χ2n) is 4.33. The fraction of sp³-hybridized carbons (Fsp3) is 0.267. The number of hydrogen-bond acceptors (Lipinski definition) is 4. The van der Waals surface area contributed by atoms with E-state index in [2.05, 4.69) is 27.2 Å². The number of rotatable bonds is 4. The summed E-state index contributed by atoms with van der Waals surface area (Å²) >= 11 is 0. The number of aromatic nitrogens is 3. The molecule has 6 heteroatoms. The van der Waals surface area contributed by atoms with Gasteiger partial charge in [0, 0.05) is 32.1 Å². The van der Waals surface area contributed by atoms with Crippen LogP contribution in [0.3, 0.4) is 0 Å². The highest BCUT2D eigenvalue weighted by Crippen LogP contribution is 2.06. The first-order chi connectivity index (χ1) is 10.2. The summed E-state index contributed by atoms with van der Waals surface area (Å²) < 4.78 is 1.70. The van der Waals surface area contributed by atoms with Gasteiger partial charge in [0.25, 0.3) is 5.91 Å². The van der Waals surface area contributed by atoms with Crippen molar-refractivity contribution in [2.75, 3.05) is 6.61 Å². The van der Waals surface area contributed by atoms with Crippen molar-refractivity contribution < 1.29 is 9.90 Å². The largest absolute Gasteiger partial charge is 0.395 e. The number of amides is 1. The lowest BCUT2D eigenvalue weighted by molar-refractivity contribution is 0.0949. The Balaban J connectivity index is 2.09. The number of nitrogens with zero attached hydrogens (tertiary/aromatic N) is 3. The summed E-state index contributed by atoms with van der Waals surface area (Å²) in [6.07, 6.45) is 5.14. The molecule has 0 saturated heterocycles. The average molecular weight is 284 g/mol. The van der Waals surface area contributed by atoms with E-state index in [0.29, 0.717) is 24.1 Å². The molecule has 0 atom stereocenters. The number of carbonyl (C=O) groups excluding carboxylic acids is 1. The smallest absolute Gasteiger partial charge is 0.252 e. The van der Waals surface area contributed by atoms with Gasteiger partial charge in [-0.2, -0.15) is 5.10 Å². The molecule has 0 radical (unpaired) electrons. The van der Waals surface area contributed by atoms with Crippen molar-refractivity contribution >= 4 is 5.91 Å². The second kappa shape index (κ2) is 7.22. The molecule has 1 amide bonds. The molecule has 2 aromatic heterocycles. The van der Waals surface area contributed by atoms with Crippen LogP contribution in [0.25, 0.3) is 0 Å². The molecule has 0 fully saturated rings. The maximum absolute atomic E-state index is 12.2. The Morgan fingerprint density at radius 2 is 2.29 bits per heavy atom. The number of carbonyl (C=O) groups is 1. The molecule has 0 aliphatic rings. The van der Waals surface area contributed by atoms with Crippen molar-refractivity contribution in [3.63, 3.8) is 0 Å². The van der Waals surface area contributed by atoms with Gasteiger partial charge in [0.1, 0.15) is 0 Å². The van der Waals surface area contributed by atoms with Crippen molar-refractivity contribution in [3.05, 3.63) is 47.5 Å². The van der Waals surface area contributed by atoms with Crippen LogP contribution in [0.15, 0.2) is 30.7 Å². The maximum atomic E-state index is 12.2. The van der Waals surface area contributed by atoms with Crippen LogP contribution in [0.5, 0.6) is 0 Å². The van der Waals surface area contributed by atoms with Crippen molar-refractivity contribution in [2.45, 2.75) is 13.0 Å². The Labute approximate surface area is 122 Å². The molecule has 0 aromatic carbocycles. The molecule has 0 unspecified atom stereocenters. The van der Waals surface area contributed by atoms with Crippen LogP contribution in [0.1, 0.15) is 28.0 Å². The molecule has 108 valence electrons. The highest BCUT2D eigenvalue weighted by molar-refractivity contribution is 5.96. The number of aliphatic hydroxyl groups is 1. The third-order valence-corrected chi connectivity index (χ3v) is 2.88. The lowest BCUT2D eigenvalue weighted by Crippen LogP contribution is -2.24. The number of pyridine rings is 1. The maximum Gasteiger partial charge on any atom is 0.252 e. The average Bonchev–Trinajstić information content (AvgIpc) is 2.91. The molecule has 0 aliphatic carbocycles. The molecular weight excluding hydrogens is 268 g/mol. The predicted molar refractivity (Wildman–Crippen MR) is 77.2 cm³/mol. The van der Waals surface area contributed by atoms with Gasteiger partial charge in [-0.25, -0.2) is 0 Å². The SMILES string of the molecule is Cn1nccc1CNC(=O)c1ccncc1C#CCCO. The number of aliphatic hydroxyl groups excluding tert-OH is 1. The van der Waals surface area contributed by atoms with Gasteiger partial charge in [-0.15, -0.1) is 0 Å². The minimum atomic E-state index is -0.216. The van der Waals surface area contributed by atoms with Crippen LogP contribution in [0, 0.1) is 11.8 Å². The summed E-state index contributed by atoms with van der Waals surface area (Å²) in [5, 5.41) is 15.6. The van der Waals surface area contributed by atoms with E-state index >= 15 is 0 Å². The zero-order chi connectivity index (χ0) is 15.1. The molecule has 2 N–H and O–H groups in total. The lowest BCUT2D eigenvalue weighted by Gasteiger charge is -2.07. The molecule has 2 heterocycles. The zero-order valence-corrected chi connectivity index (χ0v) is 11.7. The summed E-state index contributed by atoms with van der Waals surface area (Å²) in [4.78, 5) is 16.2. The van der Waals surface area contributed by atoms with Crippen molar-refractivity contribution in [2.24, 2.45) is 7.05 Å². The summed E-state index contributed by atoms with van der Waals surface area (Å²) in [6, 6.07) is 3.47. The van der Waals surface area contributed by atoms with Crippen LogP contribution in [0.2, 0.25) is 0 Å². The third-order valence-electron chi connectivity index (χ3n) is 2.88. The van der Waals surface area contributed by atoms with E-state index in [1.807, 2.05) is 13.1 Å². The molecular formula is C15H16N4O2. The molecule has 0 saturated carbocycles. The zero-order valence-electron chi connectivity index (χ0n) is 11.7. The van der Waals surface area contributed by atoms with Gasteiger partial charge in [0.2, 0.25) is 0 Å². The molecule has 2 rings (SSSR count). The first-order valence-corrected chi connectivity index (χ1v) is 6.51. The first-order valence-electron chi connectivity index (χ1n) is 6.51. The van der Waals surface area contributed by atoms with Gasteiger partial charge < -0.3 is 10.4 Å². The van der Waals surface area contributed by atoms with Gasteiger partial charge in [0.05, 0.1) is 30.0 Å². The van der Waals surface area contributed by atoms with Crippen molar-refractivity contribution in [1.82, 2.24) is 20.1 Å². The number of nitrogens with one attached hydrogen (secondary N) is 1. The predicted octanol–water partition coefficient (Wildman–Crippen LogP) is 0.479. The van der Waals surface area contributed by atoms with E-state index in [1.54, 1.807) is 29.3 Å². The summed E-state index contributed by atoms with van der Waals surface area (Å²) in [5.41, 5.74) is 1.93. The highest BCUT2D eigenvalue weighted by atomic mass is 16.2. The Bertz CT molecular complexity index is 682. The second-order valence-corrected chi connectivity index (χ2v) is 4.33. The van der Waals surface area contributed by atoms with Gasteiger partial charge >= 0.3 is 0 Å². The lowest BCUT2D eigenvalue weighted by atomic mass is 10.1. The third kappa shape index (κ3) is 3.91. The van der Waals surface area contributed by atoms with Crippen molar-refractivity contribution in [1.29, 1.82) is 0 Å². The Hall–Kier alpha value is -2.65. The Morgan fingerprint density at radius 1 is 1.43 bits per heavy atom. The normalized spacial score (nSPS) is 9.81. The summed E-state index contributed by atoms with van der Waals surface area (Å²) in [6.45, 7) is 0.385. The van der Waals surface area contributed by atoms with E-state index in [1.165, 1.54) is 0 Å². The fourth-order valence-electron chi connectivity index (χ4n) is 1.75. The first kappa shape index (κ1) is 14.8. The van der Waals surface area contributed by atoms with Gasteiger partial charge in [-0.3, -0.25) is 14.5 Å². The van der Waals surface area contributed by atoms with E-state index in [0.717, 1.165) is 5.69 Å². The molecule has 2 aromatic rings. The van der Waals surface area contributed by atoms with Crippen LogP contribution in [-0.2, 0) is 13.6 Å². The number of aryl methyl sites for hydroxylation is 1. The quantitative estimate of drug-likeness (QED) is 0.800. The minimum absolute atomic E-state index is 0.00468. The van der Waals surface area contributed by atoms with E-state index in [9.17, 15) is 4.79 Å². The Morgan fingerprint density at radius 3 is 3.00 bits per heavy atom. The molecule has 21 heavy (non-hydrogen) atoms. The van der Waals surface area contributed by atoms with E-state index < -0.39 is 0 Å². The Kier molecular flexibility index (Phi) is 5.07. The standard InChI is InChI=1S/C15H16N4O2/c1-19-13(5-8-18-19)11-17-15(21)14-6-7-16-10-12(14)4-2-3-9-20/h5-8,10,20H,3,9,11H2,1H3,(H,17,21). The van der Waals surface area contributed by atoms with Gasteiger partial charge in [-0.1, -0.05) is 11.8 Å². The number of hydrogen-bond donors (Lipinski definition) is 2. The monoisotopic (exact) mass is 284 g/mol. The molecule has 0 spiro atoms. The van der Waals surface area contributed by atoms with Crippen molar-refractivity contribution in [3.8, 4) is 11.8 Å².